The Morgan fingerprint density at radius 2 is 0.633 bits per heavy atom. The van der Waals surface area contributed by atoms with E-state index in [0.29, 0.717) is 5.75 Å². The quantitative estimate of drug-likeness (QED) is 0.128. The van der Waals surface area contributed by atoms with Gasteiger partial charge < -0.3 is 18.5 Å². The molecule has 20 aromatic rings. The summed E-state index contributed by atoms with van der Waals surface area (Å²) >= 11 is 3.65. The van der Waals surface area contributed by atoms with Gasteiger partial charge >= 0.3 is 7.69 Å². The maximum absolute atomic E-state index is 9.43. The standard InChI is InChI=1S/C46H28O.C30H20BO2.C16H9BrO/c1-2-13-30-26-32(25-24-29(30)12-1)31-14-11-15-33(27-31)44-36-18-4-6-20-38(36)45(39-21-7-5-19-37(39)44)41-28-42-35-17-9-10-23-43(35)47-46(42)40-22-8-3-16-34(40)41;32-31-33-30-27-16-5-3-14-25(27)29(26-15-4-6-17-28(26)30)22-12-7-11-21(19-22)24-18-8-10-20-9-1-2-13-23(20)24;17-14-9-13-11-6-3-4-8-15(11)18-16(13)12-7-2-1-5-10(12)14/h1-28H;1-19,32H;1-9H. The van der Waals surface area contributed by atoms with E-state index in [4.69, 9.17) is 13.5 Å². The molecule has 20 rings (SSSR count). The van der Waals surface area contributed by atoms with Crippen LogP contribution in [0.3, 0.4) is 0 Å². The molecule has 0 fully saturated rings. The number of para-hydroxylation sites is 2. The largest absolute Gasteiger partial charge is 0.569 e. The molecule has 4 nitrogen and oxygen atoms in total. The van der Waals surface area contributed by atoms with Gasteiger partial charge in [-0.15, -0.1) is 0 Å². The zero-order valence-electron chi connectivity index (χ0n) is 53.0. The molecule has 459 valence electrons. The number of hydrogen-bond donors (Lipinski definition) is 1. The zero-order chi connectivity index (χ0) is 65.2. The molecule has 6 heteroatoms. The van der Waals surface area contributed by atoms with Crippen LogP contribution in [0.1, 0.15) is 0 Å². The van der Waals surface area contributed by atoms with Crippen LogP contribution in [0.5, 0.6) is 5.75 Å². The molecule has 1 radical (unpaired) electrons. The van der Waals surface area contributed by atoms with Crippen LogP contribution in [0, 0.1) is 0 Å². The zero-order valence-corrected chi connectivity index (χ0v) is 54.5. The van der Waals surface area contributed by atoms with Gasteiger partial charge in [0.05, 0.1) is 0 Å². The summed E-state index contributed by atoms with van der Waals surface area (Å²) in [6.07, 6.45) is 0. The van der Waals surface area contributed by atoms with E-state index in [1.54, 1.807) is 0 Å². The van der Waals surface area contributed by atoms with Gasteiger partial charge in [-0.2, -0.15) is 0 Å². The molecule has 0 aliphatic carbocycles. The van der Waals surface area contributed by atoms with Gasteiger partial charge in [-0.25, -0.2) is 0 Å². The molecular weight excluding hydrogens is 1260 g/mol. The summed E-state index contributed by atoms with van der Waals surface area (Å²) in [6, 6.07) is 120. The maximum Gasteiger partial charge on any atom is 0.569 e. The van der Waals surface area contributed by atoms with Crippen molar-refractivity contribution in [1.29, 1.82) is 0 Å². The first kappa shape index (κ1) is 58.5. The van der Waals surface area contributed by atoms with Crippen molar-refractivity contribution in [3.8, 4) is 61.4 Å². The van der Waals surface area contributed by atoms with E-state index in [1.165, 1.54) is 104 Å². The summed E-state index contributed by atoms with van der Waals surface area (Å²) in [6.45, 7) is 0. The van der Waals surface area contributed by atoms with Crippen LogP contribution in [-0.2, 0) is 0 Å². The Labute approximate surface area is 573 Å². The molecule has 0 amide bonds. The van der Waals surface area contributed by atoms with Crippen molar-refractivity contribution in [2.45, 2.75) is 0 Å². The Balaban J connectivity index is 0.000000118. The molecule has 1 N–H and O–H groups in total. The van der Waals surface area contributed by atoms with Crippen molar-refractivity contribution in [3.05, 3.63) is 344 Å². The fraction of sp³-hybridized carbons (Fsp3) is 0. The second kappa shape index (κ2) is 24.6. The molecule has 98 heavy (non-hydrogen) atoms. The lowest BCUT2D eigenvalue weighted by molar-refractivity contribution is 0.459. The average molecular weight is 1320 g/mol. The minimum absolute atomic E-state index is 0.664. The highest BCUT2D eigenvalue weighted by atomic mass is 79.9. The van der Waals surface area contributed by atoms with E-state index in [9.17, 15) is 5.02 Å². The third-order valence-corrected chi connectivity index (χ3v) is 20.1. The number of rotatable bonds is 7. The van der Waals surface area contributed by atoms with Gasteiger partial charge in [-0.1, -0.05) is 313 Å². The van der Waals surface area contributed by atoms with Crippen LogP contribution in [0.2, 0.25) is 0 Å². The summed E-state index contributed by atoms with van der Waals surface area (Å²) < 4.78 is 19.2. The van der Waals surface area contributed by atoms with Crippen molar-refractivity contribution < 1.29 is 18.5 Å². The number of fused-ring (bicyclic) bond motifs is 16. The molecule has 0 atom stereocenters. The Morgan fingerprint density at radius 3 is 1.21 bits per heavy atom. The summed E-state index contributed by atoms with van der Waals surface area (Å²) in [5.41, 5.74) is 15.9. The monoisotopic (exact) mass is 1320 g/mol. The van der Waals surface area contributed by atoms with Crippen LogP contribution < -0.4 is 4.65 Å². The Morgan fingerprint density at radius 1 is 0.245 bits per heavy atom. The van der Waals surface area contributed by atoms with E-state index in [2.05, 4.69) is 283 Å². The summed E-state index contributed by atoms with van der Waals surface area (Å²) in [7, 11) is 0.759. The van der Waals surface area contributed by atoms with Gasteiger partial charge in [0.15, 0.2) is 0 Å². The highest BCUT2D eigenvalue weighted by Gasteiger charge is 2.23. The SMILES string of the molecule is Brc1cc2c3ccccc3oc2c2ccccc12.O[B]Oc1c2ccccc2c(-c2cccc(-c3cccc4ccccc34)c2)c2ccccc12.c1cc(-c2ccc3ccccc3c2)cc(-c2c3ccccc3c(-c3cc4c5ccccc5oc4c4ccccc34)c3ccccc23)c1. The second-order valence-electron chi connectivity index (χ2n) is 24.9. The predicted octanol–water partition coefficient (Wildman–Crippen LogP) is 26.1. The van der Waals surface area contributed by atoms with Crippen molar-refractivity contribution in [2.75, 3.05) is 0 Å². The molecule has 18 aromatic carbocycles. The fourth-order valence-electron chi connectivity index (χ4n) is 15.1. The third kappa shape index (κ3) is 10.0. The Bertz CT molecular complexity index is 6440. The van der Waals surface area contributed by atoms with Crippen LogP contribution >= 0.6 is 15.9 Å². The van der Waals surface area contributed by atoms with Gasteiger partial charge in [0, 0.05) is 47.6 Å². The van der Waals surface area contributed by atoms with E-state index in [1.807, 2.05) is 72.8 Å². The van der Waals surface area contributed by atoms with Crippen molar-refractivity contribution in [2.24, 2.45) is 0 Å². The van der Waals surface area contributed by atoms with Crippen molar-refractivity contribution in [3.63, 3.8) is 0 Å². The van der Waals surface area contributed by atoms with E-state index in [0.717, 1.165) is 94.1 Å². The van der Waals surface area contributed by atoms with E-state index < -0.39 is 0 Å². The van der Waals surface area contributed by atoms with E-state index in [-0.39, 0.29) is 0 Å². The first-order valence-electron chi connectivity index (χ1n) is 33.0. The molecule has 0 aliphatic heterocycles. The van der Waals surface area contributed by atoms with Crippen molar-refractivity contribution >= 4 is 154 Å². The topological polar surface area (TPSA) is 55.7 Å². The van der Waals surface area contributed by atoms with Crippen LogP contribution in [0.15, 0.2) is 353 Å². The Kier molecular flexibility index (Phi) is 14.7. The van der Waals surface area contributed by atoms with Crippen LogP contribution in [0.25, 0.3) is 186 Å². The molecule has 0 unspecified atom stereocenters. The molecule has 0 saturated carbocycles. The lowest BCUT2D eigenvalue weighted by Gasteiger charge is -2.19. The second-order valence-corrected chi connectivity index (χ2v) is 25.8. The minimum Gasteiger partial charge on any atom is -0.537 e. The van der Waals surface area contributed by atoms with Crippen LogP contribution in [0.4, 0.5) is 0 Å². The van der Waals surface area contributed by atoms with Gasteiger partial charge in [-0.05, 0) is 163 Å². The summed E-state index contributed by atoms with van der Waals surface area (Å²) in [5.74, 6) is 0.664. The maximum atomic E-state index is 9.43. The predicted molar refractivity (Wildman–Crippen MR) is 417 cm³/mol. The lowest BCUT2D eigenvalue weighted by atomic mass is 9.84. The number of benzene rings is 18. The molecule has 0 aliphatic rings. The normalized spacial score (nSPS) is 11.6. The molecule has 2 heterocycles. The smallest absolute Gasteiger partial charge is 0.537 e. The molecule has 2 aromatic heterocycles. The highest BCUT2D eigenvalue weighted by molar-refractivity contribution is 9.10. The molecule has 0 bridgehead atoms. The molecule has 0 spiro atoms. The number of hydrogen-bond acceptors (Lipinski definition) is 4. The van der Waals surface area contributed by atoms with E-state index >= 15 is 0 Å². The minimum atomic E-state index is 0.664. The van der Waals surface area contributed by atoms with Gasteiger partial charge in [-0.3, -0.25) is 0 Å². The Hall–Kier alpha value is -12.1. The molecular formula is C92H57BBrO4. The average Bonchev–Trinajstić information content (AvgIpc) is 1.13. The third-order valence-electron chi connectivity index (χ3n) is 19.5. The van der Waals surface area contributed by atoms with Gasteiger partial charge in [0.2, 0.25) is 0 Å². The molecule has 0 saturated heterocycles. The number of furan rings is 2. The fourth-order valence-corrected chi connectivity index (χ4v) is 15.7. The number of halogens is 1. The van der Waals surface area contributed by atoms with Crippen LogP contribution in [-0.4, -0.2) is 12.7 Å². The highest BCUT2D eigenvalue weighted by Crippen LogP contribution is 2.49. The first-order valence-corrected chi connectivity index (χ1v) is 33.8. The lowest BCUT2D eigenvalue weighted by Crippen LogP contribution is -2.02. The summed E-state index contributed by atoms with van der Waals surface area (Å²) in [4.78, 5) is 0. The van der Waals surface area contributed by atoms with Crippen molar-refractivity contribution in [1.82, 2.24) is 0 Å². The summed E-state index contributed by atoms with van der Waals surface area (Å²) in [5, 5.41) is 32.8. The first-order chi connectivity index (χ1) is 48.5. The van der Waals surface area contributed by atoms with Gasteiger partial charge in [0.25, 0.3) is 0 Å². The van der Waals surface area contributed by atoms with Gasteiger partial charge in [0.1, 0.15) is 28.1 Å².